The van der Waals surface area contributed by atoms with E-state index in [1.807, 2.05) is 0 Å². The number of benzene rings is 2. The molecule has 2 aromatic rings. The zero-order valence-corrected chi connectivity index (χ0v) is 11.9. The predicted molar refractivity (Wildman–Crippen MR) is 66.9 cm³/mol. The first-order valence-electron chi connectivity index (χ1n) is 5.07. The number of hydrogen-bond acceptors (Lipinski definition) is 0. The molecule has 14 heavy (non-hydrogen) atoms. The molecule has 0 amide bonds. The Morgan fingerprint density at radius 1 is 0.786 bits per heavy atom. The fraction of sp³-hybridized carbons (Fsp3) is 0.231. The molecule has 2 rings (SSSR count). The molecule has 0 saturated heterocycles. The summed E-state index contributed by atoms with van der Waals surface area (Å²) in [6.45, 7) is 0. The van der Waals surface area contributed by atoms with Gasteiger partial charge in [-0.15, -0.1) is 0 Å². The molecule has 0 aliphatic rings. The third-order valence-electron chi connectivity index (χ3n) is 2.60. The Morgan fingerprint density at radius 3 is 2.14 bits per heavy atom. The van der Waals surface area contributed by atoms with E-state index in [4.69, 9.17) is 0 Å². The molecule has 0 fully saturated rings. The average molecular weight is 291 g/mol. The normalized spacial score (nSPS) is 11.9. The molecule has 0 atom stereocenters. The van der Waals surface area contributed by atoms with E-state index in [1.165, 1.54) is 10.8 Å². The van der Waals surface area contributed by atoms with Gasteiger partial charge in [0.05, 0.1) is 0 Å². The van der Waals surface area contributed by atoms with Gasteiger partial charge in [0.25, 0.3) is 0 Å². The molecule has 0 N–H and O–H groups in total. The number of hydrogen-bond donors (Lipinski definition) is 0. The van der Waals surface area contributed by atoms with Crippen LogP contribution in [0.25, 0.3) is 10.8 Å². The van der Waals surface area contributed by atoms with E-state index in [9.17, 15) is 0 Å². The Morgan fingerprint density at radius 2 is 1.43 bits per heavy atom. The van der Waals surface area contributed by atoms with Crippen molar-refractivity contribution in [1.82, 2.24) is 0 Å². The molecule has 0 aromatic heterocycles. The van der Waals surface area contributed by atoms with Crippen LogP contribution >= 0.6 is 0 Å². The Balaban J connectivity index is 2.78. The predicted octanol–water partition coefficient (Wildman–Crippen LogP) is 3.39. The summed E-state index contributed by atoms with van der Waals surface area (Å²) < 4.78 is 1.64. The summed E-state index contributed by atoms with van der Waals surface area (Å²) in [5.41, 5.74) is 0. The van der Waals surface area contributed by atoms with Crippen LogP contribution in [0, 0.1) is 0 Å². The van der Waals surface area contributed by atoms with Crippen molar-refractivity contribution in [3.63, 3.8) is 0 Å². The van der Waals surface area contributed by atoms with Gasteiger partial charge in [0.2, 0.25) is 0 Å². The summed E-state index contributed by atoms with van der Waals surface area (Å²) in [5.74, 6) is 0. The van der Waals surface area contributed by atoms with Crippen LogP contribution in [-0.2, 0) is 0 Å². The van der Waals surface area contributed by atoms with Gasteiger partial charge >= 0.3 is 90.0 Å². The molecule has 1 heteroatoms. The van der Waals surface area contributed by atoms with Crippen molar-refractivity contribution in [3.8, 4) is 0 Å². The standard InChI is InChI=1S/C10H7.3CH3.Sn/c1-2-6-10-8-4-3-7-9(10)5-1;;;;/h1-7H;3*1H3;. The van der Waals surface area contributed by atoms with E-state index in [0.717, 1.165) is 0 Å². The van der Waals surface area contributed by atoms with Crippen LogP contribution in [0.4, 0.5) is 0 Å². The van der Waals surface area contributed by atoms with E-state index >= 15 is 0 Å². The van der Waals surface area contributed by atoms with Crippen LogP contribution in [0.2, 0.25) is 14.8 Å². The number of rotatable bonds is 1. The van der Waals surface area contributed by atoms with Crippen molar-refractivity contribution in [2.45, 2.75) is 14.8 Å². The first-order valence-corrected chi connectivity index (χ1v) is 15.1. The summed E-state index contributed by atoms with van der Waals surface area (Å²) in [5, 5.41) is 2.86. The molecule has 0 bridgehead atoms. The number of fused-ring (bicyclic) bond motifs is 1. The molecule has 0 aliphatic carbocycles. The van der Waals surface area contributed by atoms with Crippen molar-refractivity contribution in [3.05, 3.63) is 42.5 Å². The molecule has 0 aliphatic heterocycles. The molecule has 0 nitrogen and oxygen atoms in total. The maximum atomic E-state index is 2.47. The minimum atomic E-state index is -1.93. The van der Waals surface area contributed by atoms with Crippen LogP contribution in [0.15, 0.2) is 42.5 Å². The molecule has 0 saturated carbocycles. The van der Waals surface area contributed by atoms with Crippen LogP contribution in [0.5, 0.6) is 0 Å². The molecule has 72 valence electrons. The van der Waals surface area contributed by atoms with Crippen molar-refractivity contribution < 1.29 is 0 Å². The van der Waals surface area contributed by atoms with Gasteiger partial charge in [0.15, 0.2) is 0 Å². The third kappa shape index (κ3) is 1.80. The summed E-state index contributed by atoms with van der Waals surface area (Å²) in [4.78, 5) is 7.41. The average Bonchev–Trinajstić information content (AvgIpc) is 2.15. The second-order valence-corrected chi connectivity index (χ2v) is 19.2. The molecular formula is C13H16Sn. The van der Waals surface area contributed by atoms with Crippen molar-refractivity contribution >= 4 is 32.7 Å². The molecule has 2 aromatic carbocycles. The van der Waals surface area contributed by atoms with Gasteiger partial charge in [0.1, 0.15) is 0 Å². The van der Waals surface area contributed by atoms with Gasteiger partial charge < -0.3 is 0 Å². The fourth-order valence-electron chi connectivity index (χ4n) is 1.88. The quantitative estimate of drug-likeness (QED) is 0.707. The topological polar surface area (TPSA) is 0 Å². The van der Waals surface area contributed by atoms with Gasteiger partial charge in [0, 0.05) is 0 Å². The summed E-state index contributed by atoms with van der Waals surface area (Å²) in [6, 6.07) is 15.4. The van der Waals surface area contributed by atoms with Gasteiger partial charge in [-0.3, -0.25) is 0 Å². The van der Waals surface area contributed by atoms with E-state index in [1.54, 1.807) is 3.58 Å². The van der Waals surface area contributed by atoms with Crippen LogP contribution in [0.3, 0.4) is 0 Å². The van der Waals surface area contributed by atoms with Crippen LogP contribution in [0.1, 0.15) is 0 Å². The molecule has 0 spiro atoms. The second-order valence-electron chi connectivity index (χ2n) is 4.78. The minimum absolute atomic E-state index is 1.39. The van der Waals surface area contributed by atoms with Crippen LogP contribution in [-0.4, -0.2) is 18.4 Å². The molecule has 0 radical (unpaired) electrons. The van der Waals surface area contributed by atoms with E-state index in [0.29, 0.717) is 0 Å². The van der Waals surface area contributed by atoms with Crippen molar-refractivity contribution in [2.75, 3.05) is 0 Å². The van der Waals surface area contributed by atoms with Crippen LogP contribution < -0.4 is 3.58 Å². The zero-order valence-electron chi connectivity index (χ0n) is 9.04. The van der Waals surface area contributed by atoms with E-state index in [-0.39, 0.29) is 0 Å². The maximum absolute atomic E-state index is 2.47. The van der Waals surface area contributed by atoms with Crippen molar-refractivity contribution in [1.29, 1.82) is 0 Å². The molecule has 0 heterocycles. The van der Waals surface area contributed by atoms with Gasteiger partial charge in [-0.05, 0) is 0 Å². The zero-order chi connectivity index (χ0) is 10.2. The van der Waals surface area contributed by atoms with E-state index < -0.39 is 18.4 Å². The summed E-state index contributed by atoms with van der Waals surface area (Å²) >= 11 is -1.93. The summed E-state index contributed by atoms with van der Waals surface area (Å²) in [7, 11) is 0. The molecular weight excluding hydrogens is 275 g/mol. The monoisotopic (exact) mass is 292 g/mol. The first kappa shape index (κ1) is 10.0. The third-order valence-corrected chi connectivity index (χ3v) is 8.45. The van der Waals surface area contributed by atoms with Gasteiger partial charge in [-0.2, -0.15) is 0 Å². The Hall–Kier alpha value is -0.501. The Labute approximate surface area is 89.8 Å². The van der Waals surface area contributed by atoms with Gasteiger partial charge in [-0.25, -0.2) is 0 Å². The SMILES string of the molecule is [CH3][Sn]([CH3])([CH3])[c]1cccc2ccccc12. The Bertz CT molecular complexity index is 447. The van der Waals surface area contributed by atoms with Gasteiger partial charge in [-0.1, -0.05) is 0 Å². The van der Waals surface area contributed by atoms with Crippen molar-refractivity contribution in [2.24, 2.45) is 0 Å². The molecule has 0 unspecified atom stereocenters. The second kappa shape index (κ2) is 3.58. The van der Waals surface area contributed by atoms with E-state index in [2.05, 4.69) is 57.3 Å². The summed E-state index contributed by atoms with van der Waals surface area (Å²) in [6.07, 6.45) is 0. The fourth-order valence-corrected chi connectivity index (χ4v) is 6.54. The first-order chi connectivity index (χ1) is 6.59. The Kier molecular flexibility index (Phi) is 2.56.